The molecule has 31 heavy (non-hydrogen) atoms. The molecule has 172 valence electrons. The monoisotopic (exact) mass is 534 g/mol. The standard InChI is InChI=1S/C22H36O3P6/c1-3-5-7-14-18-21(23-26)22(24-30-27)19-15-11-9-8-10-13-17-20(25-31(28)29)16-12-6-4-2/h7,9,11,13-15,17,19-22,30H,3-5,16,18,26-29H2,1-2H3. The van der Waals surface area contributed by atoms with Gasteiger partial charge in [0.05, 0.1) is 19.7 Å². The van der Waals surface area contributed by atoms with Gasteiger partial charge in [-0.15, -0.1) is 11.8 Å². The fourth-order valence-corrected chi connectivity index (χ4v) is 4.74. The Morgan fingerprint density at radius 1 is 1.03 bits per heavy atom. The van der Waals surface area contributed by atoms with Gasteiger partial charge in [0.25, 0.3) is 0 Å². The normalized spacial score (nSPS) is 15.2. The summed E-state index contributed by atoms with van der Waals surface area (Å²) in [4.78, 5) is 0. The second-order valence-corrected chi connectivity index (χ2v) is 13.4. The first-order valence-corrected chi connectivity index (χ1v) is 17.8. The molecule has 0 bridgehead atoms. The molecule has 0 saturated heterocycles. The van der Waals surface area contributed by atoms with Gasteiger partial charge in [0.2, 0.25) is 0 Å². The summed E-state index contributed by atoms with van der Waals surface area (Å²) < 4.78 is 17.2. The highest BCUT2D eigenvalue weighted by molar-refractivity contribution is 8.41. The van der Waals surface area contributed by atoms with Crippen molar-refractivity contribution < 1.29 is 13.6 Å². The Hall–Kier alpha value is 0.540. The highest BCUT2D eigenvalue weighted by atomic mass is 32.4. The molecule has 0 aliphatic carbocycles. The zero-order chi connectivity index (χ0) is 23.2. The van der Waals surface area contributed by atoms with Crippen LogP contribution in [-0.4, -0.2) is 18.3 Å². The third kappa shape index (κ3) is 19.7. The maximum absolute atomic E-state index is 5.84. The third-order valence-corrected chi connectivity index (χ3v) is 6.08. The Morgan fingerprint density at radius 2 is 1.81 bits per heavy atom. The molecule has 0 N–H and O–H groups in total. The smallest absolute Gasteiger partial charge is 0.107 e. The van der Waals surface area contributed by atoms with E-state index in [-0.39, 0.29) is 18.3 Å². The third-order valence-electron chi connectivity index (χ3n) is 3.67. The van der Waals surface area contributed by atoms with Crippen molar-refractivity contribution in [3.8, 4) is 23.7 Å². The summed E-state index contributed by atoms with van der Waals surface area (Å²) in [6.07, 6.45) is 20.2. The van der Waals surface area contributed by atoms with E-state index in [1.165, 1.54) is 0 Å². The maximum Gasteiger partial charge on any atom is 0.107 e. The quantitative estimate of drug-likeness (QED) is 0.0999. The largest absolute Gasteiger partial charge is 0.359 e. The number of hydrogen-bond acceptors (Lipinski definition) is 3. The van der Waals surface area contributed by atoms with Crippen LogP contribution in [0.1, 0.15) is 46.0 Å². The molecule has 0 spiro atoms. The van der Waals surface area contributed by atoms with Crippen molar-refractivity contribution in [1.82, 2.24) is 0 Å². The summed E-state index contributed by atoms with van der Waals surface area (Å²) in [5.74, 6) is 12.2. The van der Waals surface area contributed by atoms with Gasteiger partial charge in [-0.1, -0.05) is 89.3 Å². The van der Waals surface area contributed by atoms with Crippen LogP contribution in [0.25, 0.3) is 0 Å². The SMILES string of the molecule is CCC#CCC(C=CC#CC=CC=CC(OPP)C(CC=CCCC)OP)OP(P)P. The Kier molecular flexibility index (Phi) is 24.1. The van der Waals surface area contributed by atoms with Crippen LogP contribution in [0.3, 0.4) is 0 Å². The summed E-state index contributed by atoms with van der Waals surface area (Å²) >= 11 is 0. The molecular formula is C22H36O3P6. The number of allylic oxidation sites excluding steroid dienone is 5. The van der Waals surface area contributed by atoms with E-state index >= 15 is 0 Å². The molecule has 0 fully saturated rings. The predicted octanol–water partition coefficient (Wildman–Crippen LogP) is 7.51. The second-order valence-electron chi connectivity index (χ2n) is 6.18. The minimum absolute atomic E-state index is 0.0424. The van der Waals surface area contributed by atoms with Gasteiger partial charge >= 0.3 is 0 Å². The molecule has 0 aliphatic heterocycles. The molecule has 0 aromatic heterocycles. The fourth-order valence-electron chi connectivity index (χ4n) is 2.22. The number of unbranched alkanes of at least 4 members (excludes halogenated alkanes) is 1. The number of rotatable bonds is 14. The van der Waals surface area contributed by atoms with E-state index in [4.69, 9.17) is 13.6 Å². The van der Waals surface area contributed by atoms with Crippen molar-refractivity contribution in [2.45, 2.75) is 64.3 Å². The van der Waals surface area contributed by atoms with E-state index in [1.54, 1.807) is 0 Å². The van der Waals surface area contributed by atoms with E-state index in [0.717, 1.165) is 25.7 Å². The van der Waals surface area contributed by atoms with E-state index < -0.39 is 7.53 Å². The molecule has 0 amide bonds. The lowest BCUT2D eigenvalue weighted by Gasteiger charge is -2.21. The predicted molar refractivity (Wildman–Crippen MR) is 155 cm³/mol. The molecule has 0 saturated carbocycles. The van der Waals surface area contributed by atoms with Gasteiger partial charge in [0.1, 0.15) is 6.10 Å². The van der Waals surface area contributed by atoms with Crippen LogP contribution >= 0.6 is 52.3 Å². The van der Waals surface area contributed by atoms with Gasteiger partial charge in [-0.25, -0.2) is 0 Å². The Bertz CT molecular complexity index is 683. The maximum atomic E-state index is 5.84. The molecule has 8 atom stereocenters. The first kappa shape index (κ1) is 31.5. The first-order chi connectivity index (χ1) is 15.1. The van der Waals surface area contributed by atoms with Crippen molar-refractivity contribution in [2.24, 2.45) is 0 Å². The van der Waals surface area contributed by atoms with E-state index in [2.05, 4.69) is 79.0 Å². The molecule has 3 nitrogen and oxygen atoms in total. The van der Waals surface area contributed by atoms with E-state index in [1.807, 2.05) is 43.4 Å². The lowest BCUT2D eigenvalue weighted by Crippen LogP contribution is -2.24. The van der Waals surface area contributed by atoms with E-state index in [0.29, 0.717) is 14.9 Å². The van der Waals surface area contributed by atoms with Gasteiger partial charge in [-0.3, -0.25) is 0 Å². The van der Waals surface area contributed by atoms with Crippen LogP contribution in [0.2, 0.25) is 0 Å². The van der Waals surface area contributed by atoms with Crippen LogP contribution in [0.5, 0.6) is 0 Å². The average Bonchev–Trinajstić information content (AvgIpc) is 2.74. The fraction of sp³-hybridized carbons (Fsp3) is 0.455. The highest BCUT2D eigenvalue weighted by Gasteiger charge is 2.17. The summed E-state index contributed by atoms with van der Waals surface area (Å²) in [6.45, 7) is 4.21. The second kappa shape index (κ2) is 23.7. The lowest BCUT2D eigenvalue weighted by atomic mass is 10.1. The molecule has 0 rings (SSSR count). The van der Waals surface area contributed by atoms with Crippen molar-refractivity contribution >= 4 is 52.3 Å². The molecule has 8 unspecified atom stereocenters. The summed E-state index contributed by atoms with van der Waals surface area (Å²) in [5, 5.41) is 0. The summed E-state index contributed by atoms with van der Waals surface area (Å²) in [5.41, 5.74) is 0. The Balaban J connectivity index is 4.77. The van der Waals surface area contributed by atoms with Crippen LogP contribution in [0.4, 0.5) is 0 Å². The van der Waals surface area contributed by atoms with Crippen LogP contribution in [-0.2, 0) is 13.6 Å². The zero-order valence-electron chi connectivity index (χ0n) is 18.4. The molecule has 0 radical (unpaired) electrons. The Morgan fingerprint density at radius 3 is 2.45 bits per heavy atom. The van der Waals surface area contributed by atoms with Crippen molar-refractivity contribution in [1.29, 1.82) is 0 Å². The van der Waals surface area contributed by atoms with Gasteiger partial charge in [0.15, 0.2) is 0 Å². The van der Waals surface area contributed by atoms with Gasteiger partial charge in [0, 0.05) is 30.8 Å². The highest BCUT2D eigenvalue weighted by Crippen LogP contribution is 2.54. The van der Waals surface area contributed by atoms with E-state index in [9.17, 15) is 0 Å². The molecule has 0 aromatic carbocycles. The topological polar surface area (TPSA) is 27.7 Å². The molecule has 9 heteroatoms. The molecule has 0 aromatic rings. The number of hydrogen-bond donors (Lipinski definition) is 0. The zero-order valence-corrected chi connectivity index (χ0v) is 24.9. The van der Waals surface area contributed by atoms with Gasteiger partial charge in [-0.2, -0.15) is 0 Å². The summed E-state index contributed by atoms with van der Waals surface area (Å²) in [7, 11) is 10.0. The molecule has 0 heterocycles. The van der Waals surface area contributed by atoms with Crippen LogP contribution in [0, 0.1) is 23.7 Å². The van der Waals surface area contributed by atoms with Crippen molar-refractivity contribution in [2.75, 3.05) is 0 Å². The van der Waals surface area contributed by atoms with Crippen LogP contribution in [0.15, 0.2) is 48.6 Å². The van der Waals surface area contributed by atoms with Gasteiger partial charge in [-0.05, 0) is 31.1 Å². The van der Waals surface area contributed by atoms with Crippen molar-refractivity contribution in [3.05, 3.63) is 48.6 Å². The van der Waals surface area contributed by atoms with Crippen molar-refractivity contribution in [3.63, 3.8) is 0 Å². The molecule has 0 aliphatic rings. The summed E-state index contributed by atoms with van der Waals surface area (Å²) in [6, 6.07) is 0. The first-order valence-electron chi connectivity index (χ1n) is 10.1. The Labute approximate surface area is 202 Å². The lowest BCUT2D eigenvalue weighted by molar-refractivity contribution is 0.116. The minimum atomic E-state index is -0.602. The van der Waals surface area contributed by atoms with Gasteiger partial charge < -0.3 is 13.6 Å². The van der Waals surface area contributed by atoms with Crippen LogP contribution < -0.4 is 0 Å². The minimum Gasteiger partial charge on any atom is -0.359 e. The molecular weight excluding hydrogens is 498 g/mol. The average molecular weight is 534 g/mol.